The molecule has 2 N–H and O–H groups in total. The Kier molecular flexibility index (Phi) is 5.88. The minimum atomic E-state index is -0.448. The highest BCUT2D eigenvalue weighted by atomic mass is 16.3. The van der Waals surface area contributed by atoms with Gasteiger partial charge >= 0.3 is 0 Å². The molecule has 1 saturated carbocycles. The number of hydrogen-bond acceptors (Lipinski definition) is 3. The van der Waals surface area contributed by atoms with E-state index in [0.717, 1.165) is 25.3 Å². The molecular weight excluding hydrogens is 248 g/mol. The molecule has 2 rings (SSSR count). The van der Waals surface area contributed by atoms with Gasteiger partial charge in [0.1, 0.15) is 0 Å². The Morgan fingerprint density at radius 3 is 2.60 bits per heavy atom. The summed E-state index contributed by atoms with van der Waals surface area (Å²) >= 11 is 0. The summed E-state index contributed by atoms with van der Waals surface area (Å²) in [6.07, 6.45) is 7.02. The second-order valence-electron chi connectivity index (χ2n) is 7.37. The molecule has 0 aromatic carbocycles. The van der Waals surface area contributed by atoms with Crippen molar-refractivity contribution in [1.82, 2.24) is 10.2 Å². The van der Waals surface area contributed by atoms with Crippen molar-refractivity contribution in [2.75, 3.05) is 26.2 Å². The van der Waals surface area contributed by atoms with E-state index in [0.29, 0.717) is 12.0 Å². The third kappa shape index (κ3) is 4.44. The van der Waals surface area contributed by atoms with Gasteiger partial charge in [0.2, 0.25) is 0 Å². The summed E-state index contributed by atoms with van der Waals surface area (Å²) in [5.41, 5.74) is -0.448. The van der Waals surface area contributed by atoms with E-state index >= 15 is 0 Å². The lowest BCUT2D eigenvalue weighted by Gasteiger charge is -2.39. The predicted octanol–water partition coefficient (Wildman–Crippen LogP) is 2.64. The van der Waals surface area contributed by atoms with E-state index in [1.54, 1.807) is 0 Å². The van der Waals surface area contributed by atoms with Gasteiger partial charge in [0.05, 0.1) is 5.60 Å². The van der Waals surface area contributed by atoms with Crippen LogP contribution in [0.4, 0.5) is 0 Å². The molecule has 0 spiro atoms. The van der Waals surface area contributed by atoms with Gasteiger partial charge in [0.25, 0.3) is 0 Å². The maximum Gasteiger partial charge on any atom is 0.0774 e. The van der Waals surface area contributed by atoms with Gasteiger partial charge in [-0.25, -0.2) is 0 Å². The number of piperidine rings is 1. The van der Waals surface area contributed by atoms with Gasteiger partial charge in [-0.15, -0.1) is 0 Å². The summed E-state index contributed by atoms with van der Waals surface area (Å²) in [6.45, 7) is 11.3. The zero-order valence-electron chi connectivity index (χ0n) is 13.7. The first kappa shape index (κ1) is 16.3. The Balaban J connectivity index is 1.73. The molecule has 3 unspecified atom stereocenters. The van der Waals surface area contributed by atoms with Crippen molar-refractivity contribution in [2.24, 2.45) is 11.8 Å². The fraction of sp³-hybridized carbons (Fsp3) is 1.00. The third-order valence-electron chi connectivity index (χ3n) is 5.61. The molecule has 3 heteroatoms. The average Bonchev–Trinajstić information content (AvgIpc) is 2.45. The first-order chi connectivity index (χ1) is 9.52. The van der Waals surface area contributed by atoms with Gasteiger partial charge in [0.15, 0.2) is 0 Å². The molecule has 1 saturated heterocycles. The van der Waals surface area contributed by atoms with E-state index in [-0.39, 0.29) is 0 Å². The van der Waals surface area contributed by atoms with Crippen LogP contribution in [0.2, 0.25) is 0 Å². The van der Waals surface area contributed by atoms with Crippen molar-refractivity contribution < 1.29 is 5.11 Å². The second-order valence-corrected chi connectivity index (χ2v) is 7.37. The Hall–Kier alpha value is -0.120. The number of nitrogens with zero attached hydrogens (tertiary/aromatic N) is 1. The zero-order chi connectivity index (χ0) is 14.6. The topological polar surface area (TPSA) is 35.5 Å². The van der Waals surface area contributed by atoms with Crippen LogP contribution in [0.1, 0.15) is 59.3 Å². The van der Waals surface area contributed by atoms with Gasteiger partial charge in [-0.05, 0) is 64.1 Å². The van der Waals surface area contributed by atoms with Crippen LogP contribution in [-0.4, -0.2) is 47.8 Å². The van der Waals surface area contributed by atoms with Crippen LogP contribution >= 0.6 is 0 Å². The number of likely N-dealkylation sites (tertiary alicyclic amines) is 1. The molecule has 0 aromatic rings. The molecule has 0 radical (unpaired) electrons. The Morgan fingerprint density at radius 1 is 1.30 bits per heavy atom. The fourth-order valence-corrected chi connectivity index (χ4v) is 4.08. The number of hydrogen-bond donors (Lipinski definition) is 2. The minimum Gasteiger partial charge on any atom is -0.389 e. The lowest BCUT2D eigenvalue weighted by molar-refractivity contribution is -0.0154. The molecule has 2 aliphatic rings. The van der Waals surface area contributed by atoms with Crippen LogP contribution in [0.3, 0.4) is 0 Å². The van der Waals surface area contributed by atoms with E-state index < -0.39 is 5.60 Å². The Bertz CT molecular complexity index is 289. The molecule has 3 atom stereocenters. The summed E-state index contributed by atoms with van der Waals surface area (Å²) in [5.74, 6) is 1.46. The van der Waals surface area contributed by atoms with Crippen LogP contribution in [0.25, 0.3) is 0 Å². The van der Waals surface area contributed by atoms with Gasteiger partial charge in [-0.3, -0.25) is 0 Å². The molecule has 118 valence electrons. The monoisotopic (exact) mass is 282 g/mol. The smallest absolute Gasteiger partial charge is 0.0774 e. The second kappa shape index (κ2) is 7.24. The van der Waals surface area contributed by atoms with Gasteiger partial charge in [0, 0.05) is 12.6 Å². The highest BCUT2D eigenvalue weighted by Crippen LogP contribution is 2.32. The first-order valence-electron chi connectivity index (χ1n) is 8.70. The van der Waals surface area contributed by atoms with Crippen molar-refractivity contribution in [1.29, 1.82) is 0 Å². The molecule has 3 nitrogen and oxygen atoms in total. The van der Waals surface area contributed by atoms with E-state index in [1.165, 1.54) is 45.3 Å². The minimum absolute atomic E-state index is 0.448. The van der Waals surface area contributed by atoms with E-state index in [9.17, 15) is 5.11 Å². The third-order valence-corrected chi connectivity index (χ3v) is 5.61. The van der Waals surface area contributed by atoms with Crippen LogP contribution in [-0.2, 0) is 0 Å². The average molecular weight is 282 g/mol. The van der Waals surface area contributed by atoms with E-state index in [1.807, 2.05) is 0 Å². The Morgan fingerprint density at radius 2 is 2.00 bits per heavy atom. The number of rotatable bonds is 5. The highest BCUT2D eigenvalue weighted by Gasteiger charge is 2.33. The molecule has 1 aliphatic carbocycles. The summed E-state index contributed by atoms with van der Waals surface area (Å²) < 4.78 is 0. The number of nitrogens with one attached hydrogen (secondary N) is 1. The summed E-state index contributed by atoms with van der Waals surface area (Å²) in [6, 6.07) is 0.537. The molecule has 2 fully saturated rings. The molecule has 0 bridgehead atoms. The number of aliphatic hydroxyl groups is 1. The van der Waals surface area contributed by atoms with Crippen LogP contribution < -0.4 is 5.32 Å². The summed E-state index contributed by atoms with van der Waals surface area (Å²) in [5, 5.41) is 14.3. The zero-order valence-corrected chi connectivity index (χ0v) is 13.7. The summed E-state index contributed by atoms with van der Waals surface area (Å²) in [4.78, 5) is 2.54. The maximum atomic E-state index is 10.7. The standard InChI is InChI=1S/C17H34N2O/c1-4-19-10-7-16(8-11-19)15(3)18-13-17(20)9-5-6-14(2)12-17/h14-16,18,20H,4-13H2,1-3H3. The van der Waals surface area contributed by atoms with Crippen molar-refractivity contribution in [3.8, 4) is 0 Å². The van der Waals surface area contributed by atoms with Gasteiger partial charge < -0.3 is 15.3 Å². The fourth-order valence-electron chi connectivity index (χ4n) is 4.08. The van der Waals surface area contributed by atoms with Crippen LogP contribution in [0, 0.1) is 11.8 Å². The molecule has 0 aromatic heterocycles. The molecule has 1 heterocycles. The van der Waals surface area contributed by atoms with E-state index in [4.69, 9.17) is 0 Å². The summed E-state index contributed by atoms with van der Waals surface area (Å²) in [7, 11) is 0. The molecule has 1 aliphatic heterocycles. The lowest BCUT2D eigenvalue weighted by atomic mass is 9.78. The van der Waals surface area contributed by atoms with Crippen molar-refractivity contribution in [3.63, 3.8) is 0 Å². The predicted molar refractivity (Wildman–Crippen MR) is 84.9 cm³/mol. The first-order valence-corrected chi connectivity index (χ1v) is 8.70. The van der Waals surface area contributed by atoms with Gasteiger partial charge in [-0.2, -0.15) is 0 Å². The van der Waals surface area contributed by atoms with Crippen molar-refractivity contribution >= 4 is 0 Å². The van der Waals surface area contributed by atoms with Gasteiger partial charge in [-0.1, -0.05) is 26.7 Å². The molecule has 20 heavy (non-hydrogen) atoms. The molecule has 0 amide bonds. The quantitative estimate of drug-likeness (QED) is 0.814. The molecular formula is C17H34N2O. The van der Waals surface area contributed by atoms with Crippen LogP contribution in [0.15, 0.2) is 0 Å². The Labute approximate surface area is 125 Å². The van der Waals surface area contributed by atoms with Crippen LogP contribution in [0.5, 0.6) is 0 Å². The largest absolute Gasteiger partial charge is 0.389 e. The SMILES string of the molecule is CCN1CCC(C(C)NCC2(O)CCCC(C)C2)CC1. The normalized spacial score (nSPS) is 35.1. The highest BCUT2D eigenvalue weighted by molar-refractivity contribution is 4.89. The van der Waals surface area contributed by atoms with Crippen molar-refractivity contribution in [2.45, 2.75) is 70.9 Å². The maximum absolute atomic E-state index is 10.7. The lowest BCUT2D eigenvalue weighted by Crippen LogP contribution is -2.49. The van der Waals surface area contributed by atoms with E-state index in [2.05, 4.69) is 31.0 Å². The van der Waals surface area contributed by atoms with Crippen molar-refractivity contribution in [3.05, 3.63) is 0 Å².